The van der Waals surface area contributed by atoms with Crippen LogP contribution in [0.3, 0.4) is 0 Å². The highest BCUT2D eigenvalue weighted by molar-refractivity contribution is 6.16. The molecular weight excluding hydrogens is 627 g/mol. The van der Waals surface area contributed by atoms with Crippen molar-refractivity contribution in [2.45, 2.75) is 6.18 Å². The van der Waals surface area contributed by atoms with Crippen molar-refractivity contribution < 1.29 is 36.9 Å². The fraction of sp³-hybridized carbons (Fsp3) is 0.0278. The topological polar surface area (TPSA) is 132 Å². The summed E-state index contributed by atoms with van der Waals surface area (Å²) in [6, 6.07) is 26.0. The molecule has 0 aliphatic heterocycles. The standard InChI is InChI=1S/C36H24F3N3O6/c37-36(38,39)26-11-6-23(7-12-26)8-20-34(44)41-31-18-13-27(22-30(31)35(45)25-4-2-1-3-5-25)40-33(43)21-17-29-16-19-32(48-29)24-9-14-28(15-10-24)42(46)47/h1-22H,(H,40,43)(H,41,44)/b20-8+,21-17+. The number of hydrogen-bond acceptors (Lipinski definition) is 6. The van der Waals surface area contributed by atoms with E-state index in [0.717, 1.165) is 18.2 Å². The highest BCUT2D eigenvalue weighted by atomic mass is 19.4. The number of nitro benzene ring substituents is 1. The highest BCUT2D eigenvalue weighted by Crippen LogP contribution is 2.30. The molecule has 240 valence electrons. The number of nitro groups is 1. The van der Waals surface area contributed by atoms with E-state index in [1.165, 1.54) is 60.7 Å². The van der Waals surface area contributed by atoms with Gasteiger partial charge in [0.05, 0.1) is 16.2 Å². The molecule has 0 fully saturated rings. The summed E-state index contributed by atoms with van der Waals surface area (Å²) >= 11 is 0. The van der Waals surface area contributed by atoms with Crippen molar-refractivity contribution in [2.75, 3.05) is 10.6 Å². The molecule has 0 bridgehead atoms. The van der Waals surface area contributed by atoms with Gasteiger partial charge >= 0.3 is 6.18 Å². The molecule has 5 aromatic rings. The van der Waals surface area contributed by atoms with E-state index in [2.05, 4.69) is 10.6 Å². The predicted molar refractivity (Wildman–Crippen MR) is 174 cm³/mol. The largest absolute Gasteiger partial charge is 0.457 e. The number of anilines is 2. The Labute approximate surface area is 271 Å². The van der Waals surface area contributed by atoms with Crippen LogP contribution in [0.2, 0.25) is 0 Å². The molecule has 5 rings (SSSR count). The average molecular weight is 652 g/mol. The third-order valence-corrected chi connectivity index (χ3v) is 6.88. The fourth-order valence-electron chi connectivity index (χ4n) is 4.48. The van der Waals surface area contributed by atoms with Crippen LogP contribution >= 0.6 is 0 Å². The fourth-order valence-corrected chi connectivity index (χ4v) is 4.48. The number of carbonyl (C=O) groups is 3. The van der Waals surface area contributed by atoms with Gasteiger partial charge in [-0.1, -0.05) is 42.5 Å². The lowest BCUT2D eigenvalue weighted by Gasteiger charge is -2.12. The zero-order chi connectivity index (χ0) is 34.3. The summed E-state index contributed by atoms with van der Waals surface area (Å²) in [6.07, 6.45) is 0.632. The number of nitrogens with one attached hydrogen (secondary N) is 2. The monoisotopic (exact) mass is 651 g/mol. The van der Waals surface area contributed by atoms with Gasteiger partial charge in [0.1, 0.15) is 11.5 Å². The van der Waals surface area contributed by atoms with Crippen LogP contribution in [0.5, 0.6) is 0 Å². The Morgan fingerprint density at radius 1 is 0.750 bits per heavy atom. The zero-order valence-electron chi connectivity index (χ0n) is 24.7. The summed E-state index contributed by atoms with van der Waals surface area (Å²) in [5.74, 6) is -0.818. The second kappa shape index (κ2) is 14.3. The molecule has 9 nitrogen and oxygen atoms in total. The first-order valence-corrected chi connectivity index (χ1v) is 14.2. The first-order chi connectivity index (χ1) is 23.0. The molecule has 48 heavy (non-hydrogen) atoms. The van der Waals surface area contributed by atoms with Crippen LogP contribution in [0.1, 0.15) is 32.8 Å². The van der Waals surface area contributed by atoms with Gasteiger partial charge in [0, 0.05) is 46.7 Å². The summed E-state index contributed by atoms with van der Waals surface area (Å²) in [5, 5.41) is 16.2. The maximum Gasteiger partial charge on any atom is 0.416 e. The number of amides is 2. The number of hydrogen-bond donors (Lipinski definition) is 2. The van der Waals surface area contributed by atoms with Crippen LogP contribution < -0.4 is 10.6 Å². The lowest BCUT2D eigenvalue weighted by atomic mass is 10.0. The Balaban J connectivity index is 1.30. The van der Waals surface area contributed by atoms with Gasteiger partial charge < -0.3 is 15.1 Å². The Kier molecular flexibility index (Phi) is 9.74. The van der Waals surface area contributed by atoms with Crippen molar-refractivity contribution in [3.63, 3.8) is 0 Å². The summed E-state index contributed by atoms with van der Waals surface area (Å²) in [7, 11) is 0. The third-order valence-electron chi connectivity index (χ3n) is 6.88. The van der Waals surface area contributed by atoms with E-state index in [1.807, 2.05) is 0 Å². The van der Waals surface area contributed by atoms with Crippen LogP contribution in [-0.2, 0) is 15.8 Å². The Hall–Kier alpha value is -6.56. The van der Waals surface area contributed by atoms with Crippen LogP contribution in [0.25, 0.3) is 23.5 Å². The molecular formula is C36H24F3N3O6. The molecule has 1 aromatic heterocycles. The molecule has 0 atom stereocenters. The molecule has 2 N–H and O–H groups in total. The molecule has 0 saturated heterocycles. The minimum Gasteiger partial charge on any atom is -0.457 e. The second-order valence-electron chi connectivity index (χ2n) is 10.2. The second-order valence-corrected chi connectivity index (χ2v) is 10.2. The Morgan fingerprint density at radius 3 is 2.08 bits per heavy atom. The van der Waals surface area contributed by atoms with E-state index in [-0.39, 0.29) is 22.6 Å². The first kappa shape index (κ1) is 32.8. The van der Waals surface area contributed by atoms with E-state index in [0.29, 0.717) is 28.2 Å². The lowest BCUT2D eigenvalue weighted by molar-refractivity contribution is -0.384. The average Bonchev–Trinajstić information content (AvgIpc) is 3.56. The molecule has 0 radical (unpaired) electrons. The van der Waals surface area contributed by atoms with Crippen molar-refractivity contribution in [3.05, 3.63) is 159 Å². The number of nitrogens with zero attached hydrogens (tertiary/aromatic N) is 1. The van der Waals surface area contributed by atoms with Gasteiger partial charge in [-0.25, -0.2) is 0 Å². The van der Waals surface area contributed by atoms with Crippen LogP contribution in [0, 0.1) is 10.1 Å². The van der Waals surface area contributed by atoms with Gasteiger partial charge in [-0.3, -0.25) is 24.5 Å². The number of rotatable bonds is 10. The molecule has 1 heterocycles. The molecule has 0 spiro atoms. The number of alkyl halides is 3. The smallest absolute Gasteiger partial charge is 0.416 e. The minimum atomic E-state index is -4.48. The van der Waals surface area contributed by atoms with Crippen LogP contribution in [0.15, 0.2) is 126 Å². The van der Waals surface area contributed by atoms with Gasteiger partial charge in [0.2, 0.25) is 11.8 Å². The van der Waals surface area contributed by atoms with Crippen molar-refractivity contribution in [3.8, 4) is 11.3 Å². The van der Waals surface area contributed by atoms with Crippen LogP contribution in [-0.4, -0.2) is 22.5 Å². The molecule has 4 aromatic carbocycles. The van der Waals surface area contributed by atoms with Crippen molar-refractivity contribution >= 4 is 46.8 Å². The predicted octanol–water partition coefficient (Wildman–Crippen LogP) is 8.41. The maximum atomic E-state index is 13.4. The van der Waals surface area contributed by atoms with Gasteiger partial charge in [-0.15, -0.1) is 0 Å². The molecule has 12 heteroatoms. The van der Waals surface area contributed by atoms with E-state index in [4.69, 9.17) is 4.42 Å². The van der Waals surface area contributed by atoms with Crippen molar-refractivity contribution in [1.82, 2.24) is 0 Å². The number of benzene rings is 4. The normalized spacial score (nSPS) is 11.5. The summed E-state index contributed by atoms with van der Waals surface area (Å²) in [4.78, 5) is 49.3. The zero-order valence-corrected chi connectivity index (χ0v) is 24.7. The van der Waals surface area contributed by atoms with E-state index < -0.39 is 34.3 Å². The Morgan fingerprint density at radius 2 is 1.42 bits per heavy atom. The molecule has 0 aliphatic carbocycles. The third kappa shape index (κ3) is 8.37. The number of halogens is 3. The van der Waals surface area contributed by atoms with E-state index in [1.54, 1.807) is 54.6 Å². The molecule has 0 saturated carbocycles. The Bertz CT molecular complexity index is 2030. The number of ketones is 1. The van der Waals surface area contributed by atoms with Gasteiger partial charge in [0.15, 0.2) is 5.78 Å². The van der Waals surface area contributed by atoms with Crippen molar-refractivity contribution in [1.29, 1.82) is 0 Å². The summed E-state index contributed by atoms with van der Waals surface area (Å²) in [6.45, 7) is 0. The summed E-state index contributed by atoms with van der Waals surface area (Å²) in [5.41, 5.74) is 0.924. The number of carbonyl (C=O) groups excluding carboxylic acids is 3. The SMILES string of the molecule is O=C(/C=C/c1ccc(-c2ccc([N+](=O)[O-])cc2)o1)Nc1ccc(NC(=O)/C=C/c2ccc(C(F)(F)F)cc2)c(C(=O)c2ccccc2)c1. The maximum absolute atomic E-state index is 13.4. The van der Waals surface area contributed by atoms with E-state index >= 15 is 0 Å². The number of furan rings is 1. The molecule has 2 amide bonds. The first-order valence-electron chi connectivity index (χ1n) is 14.2. The molecule has 0 aliphatic rings. The lowest BCUT2D eigenvalue weighted by Crippen LogP contribution is -2.14. The van der Waals surface area contributed by atoms with Crippen LogP contribution in [0.4, 0.5) is 30.2 Å². The van der Waals surface area contributed by atoms with Gasteiger partial charge in [0.25, 0.3) is 5.69 Å². The number of non-ortho nitro benzene ring substituents is 1. The van der Waals surface area contributed by atoms with E-state index in [9.17, 15) is 37.7 Å². The van der Waals surface area contributed by atoms with Gasteiger partial charge in [-0.2, -0.15) is 13.2 Å². The van der Waals surface area contributed by atoms with Gasteiger partial charge in [-0.05, 0) is 72.3 Å². The summed E-state index contributed by atoms with van der Waals surface area (Å²) < 4.78 is 44.2. The minimum absolute atomic E-state index is 0.0559. The quantitative estimate of drug-likeness (QED) is 0.0675. The van der Waals surface area contributed by atoms with Crippen molar-refractivity contribution in [2.24, 2.45) is 0 Å². The highest BCUT2D eigenvalue weighted by Gasteiger charge is 2.29. The molecule has 0 unspecified atom stereocenters.